The smallest absolute Gasteiger partial charge is 0.116 e. The minimum Gasteiger partial charge on any atom is -0.508 e. The van der Waals surface area contributed by atoms with Gasteiger partial charge in [-0.15, -0.1) is 0 Å². The highest BCUT2D eigenvalue weighted by Gasteiger charge is 2.59. The lowest BCUT2D eigenvalue weighted by Crippen LogP contribution is -2.50. The van der Waals surface area contributed by atoms with Crippen LogP contribution in [0.1, 0.15) is 52.4 Å². The fraction of sp³-hybridized carbons (Fsp3) is 0.789. The normalized spacial score (nSPS) is 52.6. The summed E-state index contributed by atoms with van der Waals surface area (Å²) in [5, 5.41) is 20.7. The maximum atomic E-state index is 14.4. The Morgan fingerprint density at radius 3 is 2.70 bits per heavy atom. The van der Waals surface area contributed by atoms with Gasteiger partial charge in [-0.2, -0.15) is 0 Å². The summed E-state index contributed by atoms with van der Waals surface area (Å²) in [5.74, 6) is 0.645. The van der Waals surface area contributed by atoms with Crippen LogP contribution in [0.25, 0.3) is 0 Å². The SMILES string of the molecule is C[C@]12CCC(O)CC1=CC(O)=C1[C@H]2CC[C@]2(C)C(N)C(F)C[C@@H]12. The second kappa shape index (κ2) is 4.82. The van der Waals surface area contributed by atoms with Crippen molar-refractivity contribution in [3.8, 4) is 0 Å². The van der Waals surface area contributed by atoms with Crippen LogP contribution in [0.3, 0.4) is 0 Å². The highest BCUT2D eigenvalue weighted by Crippen LogP contribution is 2.64. The standard InChI is InChI=1S/C19H28FNO2/c1-18-5-3-11(22)7-10(18)8-15(23)16-12(18)4-6-19(2)13(16)9-14(20)17(19)21/h8,11-14,17,22-23H,3-7,9,21H2,1-2H3/t11?,12-,13+,14?,17?,18+,19+/m1/s1. The minimum atomic E-state index is -0.976. The zero-order valence-corrected chi connectivity index (χ0v) is 14.1. The molecule has 4 heteroatoms. The molecule has 4 N–H and O–H groups in total. The van der Waals surface area contributed by atoms with Crippen LogP contribution in [0.4, 0.5) is 4.39 Å². The molecule has 4 rings (SSSR count). The molecule has 23 heavy (non-hydrogen) atoms. The van der Waals surface area contributed by atoms with Crippen LogP contribution in [0, 0.1) is 22.7 Å². The zero-order valence-electron chi connectivity index (χ0n) is 14.1. The van der Waals surface area contributed by atoms with Gasteiger partial charge in [0.1, 0.15) is 11.9 Å². The van der Waals surface area contributed by atoms with Crippen LogP contribution in [0.15, 0.2) is 23.0 Å². The molecule has 0 aromatic heterocycles. The van der Waals surface area contributed by atoms with E-state index < -0.39 is 12.2 Å². The van der Waals surface area contributed by atoms with E-state index >= 15 is 0 Å². The van der Waals surface area contributed by atoms with E-state index in [-0.39, 0.29) is 28.8 Å². The van der Waals surface area contributed by atoms with Crippen molar-refractivity contribution in [1.82, 2.24) is 0 Å². The van der Waals surface area contributed by atoms with Crippen LogP contribution in [0.5, 0.6) is 0 Å². The summed E-state index contributed by atoms with van der Waals surface area (Å²) in [6.45, 7) is 4.37. The first kappa shape index (κ1) is 15.6. The van der Waals surface area contributed by atoms with E-state index in [9.17, 15) is 14.6 Å². The fourth-order valence-corrected chi connectivity index (χ4v) is 6.07. The lowest BCUT2D eigenvalue weighted by Gasteiger charge is -2.54. The van der Waals surface area contributed by atoms with Gasteiger partial charge in [0.2, 0.25) is 0 Å². The first-order valence-corrected chi connectivity index (χ1v) is 8.99. The summed E-state index contributed by atoms with van der Waals surface area (Å²) < 4.78 is 14.4. The van der Waals surface area contributed by atoms with E-state index in [0.717, 1.165) is 31.3 Å². The number of hydrogen-bond donors (Lipinski definition) is 3. The van der Waals surface area contributed by atoms with Crippen molar-refractivity contribution in [2.24, 2.45) is 28.4 Å². The Kier molecular flexibility index (Phi) is 3.28. The van der Waals surface area contributed by atoms with Crippen LogP contribution in [-0.4, -0.2) is 28.5 Å². The molecule has 0 spiro atoms. The van der Waals surface area contributed by atoms with Gasteiger partial charge >= 0.3 is 0 Å². The van der Waals surface area contributed by atoms with Gasteiger partial charge in [0, 0.05) is 6.04 Å². The van der Waals surface area contributed by atoms with Crippen LogP contribution >= 0.6 is 0 Å². The average molecular weight is 321 g/mol. The van der Waals surface area contributed by atoms with Gasteiger partial charge < -0.3 is 15.9 Å². The number of aliphatic hydroxyl groups excluding tert-OH is 2. The van der Waals surface area contributed by atoms with E-state index in [0.29, 0.717) is 18.6 Å². The number of fused-ring (bicyclic) bond motifs is 5. The van der Waals surface area contributed by atoms with E-state index in [1.165, 1.54) is 5.57 Å². The monoisotopic (exact) mass is 321 g/mol. The maximum absolute atomic E-state index is 14.4. The number of alkyl halides is 1. The Morgan fingerprint density at radius 1 is 1.22 bits per heavy atom. The number of aliphatic hydroxyl groups is 2. The number of halogens is 1. The maximum Gasteiger partial charge on any atom is 0.116 e. The Balaban J connectivity index is 1.80. The molecule has 0 bridgehead atoms. The molecule has 0 heterocycles. The molecule has 0 saturated heterocycles. The third-order valence-corrected chi connectivity index (χ3v) is 7.69. The average Bonchev–Trinajstić information content (AvgIpc) is 2.73. The van der Waals surface area contributed by atoms with Crippen molar-refractivity contribution >= 4 is 0 Å². The number of rotatable bonds is 0. The lowest BCUT2D eigenvalue weighted by atomic mass is 9.51. The summed E-state index contributed by atoms with van der Waals surface area (Å²) in [5.41, 5.74) is 8.17. The highest BCUT2D eigenvalue weighted by molar-refractivity contribution is 5.42. The van der Waals surface area contributed by atoms with E-state index in [2.05, 4.69) is 13.8 Å². The molecule has 7 atom stereocenters. The Hall–Kier alpha value is -0.870. The predicted octanol–water partition coefficient (Wildman–Crippen LogP) is 3.39. The number of hydrogen-bond acceptors (Lipinski definition) is 3. The molecular weight excluding hydrogens is 293 g/mol. The molecule has 4 aliphatic rings. The molecule has 128 valence electrons. The van der Waals surface area contributed by atoms with Gasteiger partial charge in [-0.1, -0.05) is 19.4 Å². The lowest BCUT2D eigenvalue weighted by molar-refractivity contribution is 0.0486. The topological polar surface area (TPSA) is 66.5 Å². The van der Waals surface area contributed by atoms with Crippen molar-refractivity contribution in [3.63, 3.8) is 0 Å². The van der Waals surface area contributed by atoms with Gasteiger partial charge in [0.25, 0.3) is 0 Å². The van der Waals surface area contributed by atoms with Crippen molar-refractivity contribution in [3.05, 3.63) is 23.0 Å². The molecule has 0 aromatic carbocycles. The van der Waals surface area contributed by atoms with Crippen LogP contribution in [0.2, 0.25) is 0 Å². The molecule has 0 radical (unpaired) electrons. The van der Waals surface area contributed by atoms with E-state index in [4.69, 9.17) is 5.73 Å². The zero-order chi connectivity index (χ0) is 16.6. The third-order valence-electron chi connectivity index (χ3n) is 7.69. The van der Waals surface area contributed by atoms with E-state index in [1.807, 2.05) is 6.08 Å². The first-order valence-electron chi connectivity index (χ1n) is 8.99. The number of nitrogens with two attached hydrogens (primary N) is 1. The Bertz CT molecular complexity index is 600. The van der Waals surface area contributed by atoms with Crippen molar-refractivity contribution < 1.29 is 14.6 Å². The van der Waals surface area contributed by atoms with Gasteiger partial charge in [-0.25, -0.2) is 4.39 Å². The predicted molar refractivity (Wildman–Crippen MR) is 87.5 cm³/mol. The van der Waals surface area contributed by atoms with Crippen molar-refractivity contribution in [2.75, 3.05) is 0 Å². The Labute approximate surface area is 137 Å². The van der Waals surface area contributed by atoms with Crippen LogP contribution in [-0.2, 0) is 0 Å². The minimum absolute atomic E-state index is 0.000613. The number of allylic oxidation sites excluding steroid dienone is 2. The van der Waals surface area contributed by atoms with Crippen molar-refractivity contribution in [1.29, 1.82) is 0 Å². The molecule has 3 unspecified atom stereocenters. The Morgan fingerprint density at radius 2 is 1.96 bits per heavy atom. The summed E-state index contributed by atoms with van der Waals surface area (Å²) in [6, 6.07) is -0.430. The molecule has 3 saturated carbocycles. The summed E-state index contributed by atoms with van der Waals surface area (Å²) in [4.78, 5) is 0. The molecule has 0 aromatic rings. The summed E-state index contributed by atoms with van der Waals surface area (Å²) in [7, 11) is 0. The molecule has 0 amide bonds. The quantitative estimate of drug-likeness (QED) is 0.641. The van der Waals surface area contributed by atoms with E-state index in [1.54, 1.807) is 0 Å². The summed E-state index contributed by atoms with van der Waals surface area (Å²) >= 11 is 0. The van der Waals surface area contributed by atoms with Crippen LogP contribution < -0.4 is 5.73 Å². The second-order valence-corrected chi connectivity index (χ2v) is 8.75. The fourth-order valence-electron chi connectivity index (χ4n) is 6.07. The second-order valence-electron chi connectivity index (χ2n) is 8.75. The molecule has 4 aliphatic carbocycles. The summed E-state index contributed by atoms with van der Waals surface area (Å²) in [6.07, 6.45) is 5.32. The van der Waals surface area contributed by atoms with Gasteiger partial charge in [0.15, 0.2) is 0 Å². The highest BCUT2D eigenvalue weighted by atomic mass is 19.1. The molecule has 0 aliphatic heterocycles. The molecule has 3 nitrogen and oxygen atoms in total. The van der Waals surface area contributed by atoms with Gasteiger partial charge in [-0.3, -0.25) is 0 Å². The van der Waals surface area contributed by atoms with Crippen molar-refractivity contribution in [2.45, 2.75) is 70.7 Å². The molecule has 3 fully saturated rings. The third kappa shape index (κ3) is 1.94. The largest absolute Gasteiger partial charge is 0.508 e. The van der Waals surface area contributed by atoms with Gasteiger partial charge in [-0.05, 0) is 72.8 Å². The first-order chi connectivity index (χ1) is 10.8. The van der Waals surface area contributed by atoms with Gasteiger partial charge in [0.05, 0.1) is 6.10 Å². The molecular formula is C19H28FNO2.